The van der Waals surface area contributed by atoms with Gasteiger partial charge in [-0.2, -0.15) is 13.2 Å². The van der Waals surface area contributed by atoms with Crippen LogP contribution in [-0.4, -0.2) is 18.0 Å². The minimum Gasteiger partial charge on any atom is -0.344 e. The first-order chi connectivity index (χ1) is 11.4. The third-order valence-electron chi connectivity index (χ3n) is 3.20. The highest BCUT2D eigenvalue weighted by molar-refractivity contribution is 5.93. The van der Waals surface area contributed by atoms with Crippen molar-refractivity contribution in [3.63, 3.8) is 0 Å². The number of hydrogen-bond acceptors (Lipinski definition) is 2. The molecule has 0 spiro atoms. The van der Waals surface area contributed by atoms with Gasteiger partial charge in [0.1, 0.15) is 0 Å². The largest absolute Gasteiger partial charge is 0.471 e. The standard InChI is InChI=1S/C17H15F3N2O2/c18-17(19,20)16(24)21-11-13-8-4-5-9-14(13)22-15(23)10-12-6-2-1-3-7-12/h1-9H,10-11H2,(H,21,24)(H,22,23). The van der Waals surface area contributed by atoms with Gasteiger partial charge >= 0.3 is 12.1 Å². The lowest BCUT2D eigenvalue weighted by Crippen LogP contribution is -2.36. The Morgan fingerprint density at radius 3 is 2.21 bits per heavy atom. The third-order valence-corrected chi connectivity index (χ3v) is 3.20. The maximum atomic E-state index is 12.2. The van der Waals surface area contributed by atoms with Gasteiger partial charge in [0.15, 0.2) is 0 Å². The van der Waals surface area contributed by atoms with Gasteiger partial charge in [-0.1, -0.05) is 48.5 Å². The van der Waals surface area contributed by atoms with Crippen LogP contribution in [0.3, 0.4) is 0 Å². The molecule has 0 aliphatic rings. The lowest BCUT2D eigenvalue weighted by Gasteiger charge is -2.13. The van der Waals surface area contributed by atoms with E-state index in [0.29, 0.717) is 11.3 Å². The normalized spacial score (nSPS) is 11.0. The summed E-state index contributed by atoms with van der Waals surface area (Å²) >= 11 is 0. The number of alkyl halides is 3. The Morgan fingerprint density at radius 2 is 1.54 bits per heavy atom. The van der Waals surface area contributed by atoms with Crippen molar-refractivity contribution in [2.45, 2.75) is 19.1 Å². The smallest absolute Gasteiger partial charge is 0.344 e. The second-order valence-corrected chi connectivity index (χ2v) is 5.05. The molecule has 126 valence electrons. The number of benzene rings is 2. The Hall–Kier alpha value is -2.83. The fraction of sp³-hybridized carbons (Fsp3) is 0.176. The van der Waals surface area contributed by atoms with Crippen LogP contribution in [0.5, 0.6) is 0 Å². The Morgan fingerprint density at radius 1 is 0.917 bits per heavy atom. The minimum atomic E-state index is -4.94. The number of hydrogen-bond donors (Lipinski definition) is 2. The van der Waals surface area contributed by atoms with Crippen molar-refractivity contribution in [1.29, 1.82) is 0 Å². The molecule has 0 saturated heterocycles. The first-order valence-electron chi connectivity index (χ1n) is 7.13. The molecule has 2 aromatic carbocycles. The van der Waals surface area contributed by atoms with E-state index < -0.39 is 12.1 Å². The van der Waals surface area contributed by atoms with Crippen LogP contribution in [0.15, 0.2) is 54.6 Å². The van der Waals surface area contributed by atoms with Crippen LogP contribution in [0, 0.1) is 0 Å². The average molecular weight is 336 g/mol. The summed E-state index contributed by atoms with van der Waals surface area (Å²) in [5.74, 6) is -2.32. The van der Waals surface area contributed by atoms with Crippen molar-refractivity contribution in [3.8, 4) is 0 Å². The van der Waals surface area contributed by atoms with Gasteiger partial charge in [0.25, 0.3) is 0 Å². The molecule has 0 heterocycles. The zero-order valence-corrected chi connectivity index (χ0v) is 12.6. The van der Waals surface area contributed by atoms with E-state index in [0.717, 1.165) is 5.56 Å². The minimum absolute atomic E-state index is 0.143. The molecule has 0 radical (unpaired) electrons. The molecule has 0 aliphatic carbocycles. The zero-order valence-electron chi connectivity index (χ0n) is 12.6. The molecule has 7 heteroatoms. The van der Waals surface area contributed by atoms with Gasteiger partial charge in [-0.05, 0) is 17.2 Å². The predicted molar refractivity (Wildman–Crippen MR) is 83.1 cm³/mol. The predicted octanol–water partition coefficient (Wildman–Crippen LogP) is 3.05. The van der Waals surface area contributed by atoms with E-state index in [4.69, 9.17) is 0 Å². The third kappa shape index (κ3) is 5.12. The van der Waals surface area contributed by atoms with Crippen LogP contribution in [-0.2, 0) is 22.6 Å². The van der Waals surface area contributed by atoms with Crippen molar-refractivity contribution in [2.24, 2.45) is 0 Å². The number of rotatable bonds is 5. The van der Waals surface area contributed by atoms with Crippen molar-refractivity contribution >= 4 is 17.5 Å². The summed E-state index contributed by atoms with van der Waals surface area (Å²) in [6.45, 7) is -0.333. The number of halogens is 3. The van der Waals surface area contributed by atoms with Crippen molar-refractivity contribution < 1.29 is 22.8 Å². The zero-order chi connectivity index (χ0) is 17.6. The number of amides is 2. The van der Waals surface area contributed by atoms with Crippen molar-refractivity contribution in [3.05, 3.63) is 65.7 Å². The van der Waals surface area contributed by atoms with E-state index in [9.17, 15) is 22.8 Å². The van der Waals surface area contributed by atoms with Crippen LogP contribution < -0.4 is 10.6 Å². The molecule has 4 nitrogen and oxygen atoms in total. The van der Waals surface area contributed by atoms with Crippen LogP contribution in [0.4, 0.5) is 18.9 Å². The fourth-order valence-corrected chi connectivity index (χ4v) is 2.05. The second-order valence-electron chi connectivity index (χ2n) is 5.05. The molecule has 0 aromatic heterocycles. The Kier molecular flexibility index (Phi) is 5.57. The summed E-state index contributed by atoms with van der Waals surface area (Å²) in [6.07, 6.45) is -4.80. The summed E-state index contributed by atoms with van der Waals surface area (Å²) in [4.78, 5) is 22.9. The van der Waals surface area contributed by atoms with Crippen LogP contribution >= 0.6 is 0 Å². The van der Waals surface area contributed by atoms with Gasteiger partial charge < -0.3 is 10.6 Å². The van der Waals surface area contributed by atoms with Gasteiger partial charge in [0.05, 0.1) is 6.42 Å². The molecule has 2 rings (SSSR count). The second kappa shape index (κ2) is 7.63. The maximum Gasteiger partial charge on any atom is 0.471 e. The van der Waals surface area contributed by atoms with Crippen LogP contribution in [0.1, 0.15) is 11.1 Å². The summed E-state index contributed by atoms with van der Waals surface area (Å²) in [6, 6.07) is 15.4. The van der Waals surface area contributed by atoms with E-state index in [2.05, 4.69) is 5.32 Å². The number of para-hydroxylation sites is 1. The molecule has 2 aromatic rings. The molecule has 0 aliphatic heterocycles. The SMILES string of the molecule is O=C(Cc1ccccc1)Nc1ccccc1CNC(=O)C(F)(F)F. The van der Waals surface area contributed by atoms with Gasteiger partial charge in [-0.3, -0.25) is 9.59 Å². The van der Waals surface area contributed by atoms with Crippen LogP contribution in [0.25, 0.3) is 0 Å². The van der Waals surface area contributed by atoms with E-state index in [-0.39, 0.29) is 18.9 Å². The lowest BCUT2D eigenvalue weighted by atomic mass is 10.1. The Labute approximate surface area is 136 Å². The Balaban J connectivity index is 2.00. The van der Waals surface area contributed by atoms with Gasteiger partial charge in [-0.15, -0.1) is 0 Å². The highest BCUT2D eigenvalue weighted by Crippen LogP contribution is 2.18. The van der Waals surface area contributed by atoms with Crippen molar-refractivity contribution in [1.82, 2.24) is 5.32 Å². The highest BCUT2D eigenvalue weighted by Gasteiger charge is 2.38. The molecular weight excluding hydrogens is 321 g/mol. The van der Waals surface area contributed by atoms with E-state index in [1.807, 2.05) is 18.2 Å². The summed E-state index contributed by atoms with van der Waals surface area (Å²) in [5.41, 5.74) is 1.57. The maximum absolute atomic E-state index is 12.2. The molecule has 2 amide bonds. The molecular formula is C17H15F3N2O2. The number of nitrogens with one attached hydrogen (secondary N) is 2. The summed E-state index contributed by atoms with van der Waals surface area (Å²) in [5, 5.41) is 4.44. The fourth-order valence-electron chi connectivity index (χ4n) is 2.05. The Bertz CT molecular complexity index is 715. The van der Waals surface area contributed by atoms with Crippen LogP contribution in [0.2, 0.25) is 0 Å². The summed E-state index contributed by atoms with van der Waals surface area (Å²) < 4.78 is 36.7. The topological polar surface area (TPSA) is 58.2 Å². The lowest BCUT2D eigenvalue weighted by molar-refractivity contribution is -0.173. The summed E-state index contributed by atoms with van der Waals surface area (Å²) in [7, 11) is 0. The highest BCUT2D eigenvalue weighted by atomic mass is 19.4. The van der Waals surface area contributed by atoms with Gasteiger partial charge in [0, 0.05) is 12.2 Å². The number of anilines is 1. The van der Waals surface area contributed by atoms with Gasteiger partial charge in [-0.25, -0.2) is 0 Å². The first-order valence-corrected chi connectivity index (χ1v) is 7.13. The number of carbonyl (C=O) groups is 2. The molecule has 0 saturated carbocycles. The molecule has 2 N–H and O–H groups in total. The van der Waals surface area contributed by atoms with Gasteiger partial charge in [0.2, 0.25) is 5.91 Å². The quantitative estimate of drug-likeness (QED) is 0.882. The van der Waals surface area contributed by atoms with Crippen molar-refractivity contribution in [2.75, 3.05) is 5.32 Å². The first kappa shape index (κ1) is 17.5. The molecule has 0 unspecified atom stereocenters. The molecule has 0 atom stereocenters. The number of carbonyl (C=O) groups excluding carboxylic acids is 2. The van der Waals surface area contributed by atoms with E-state index in [1.165, 1.54) is 6.07 Å². The molecule has 0 bridgehead atoms. The average Bonchev–Trinajstić information content (AvgIpc) is 2.53. The monoisotopic (exact) mass is 336 g/mol. The van der Waals surface area contributed by atoms with E-state index >= 15 is 0 Å². The molecule has 24 heavy (non-hydrogen) atoms. The molecule has 0 fully saturated rings. The van der Waals surface area contributed by atoms with E-state index in [1.54, 1.807) is 35.6 Å².